The maximum Gasteiger partial charge on any atom is 0.303 e. The number of aliphatic carboxylic acids is 1. The van der Waals surface area contributed by atoms with Gasteiger partial charge in [-0.15, -0.1) is 10.2 Å². The maximum absolute atomic E-state index is 10.7. The summed E-state index contributed by atoms with van der Waals surface area (Å²) >= 11 is 0. The van der Waals surface area contributed by atoms with Crippen LogP contribution >= 0.6 is 0 Å². The first-order chi connectivity index (χ1) is 13.9. The van der Waals surface area contributed by atoms with Crippen molar-refractivity contribution in [1.82, 2.24) is 10.2 Å². The summed E-state index contributed by atoms with van der Waals surface area (Å²) in [5.41, 5.74) is 3.67. The van der Waals surface area contributed by atoms with Crippen molar-refractivity contribution in [2.45, 2.75) is 39.7 Å². The van der Waals surface area contributed by atoms with Crippen molar-refractivity contribution in [3.05, 3.63) is 53.1 Å². The topological polar surface area (TPSA) is 109 Å². The van der Waals surface area contributed by atoms with Crippen LogP contribution in [0.25, 0.3) is 22.9 Å². The van der Waals surface area contributed by atoms with Gasteiger partial charge in [0.15, 0.2) is 0 Å². The van der Waals surface area contributed by atoms with Crippen molar-refractivity contribution < 1.29 is 19.1 Å². The van der Waals surface area contributed by atoms with E-state index in [0.29, 0.717) is 35.1 Å². The molecule has 0 amide bonds. The molecule has 0 fully saturated rings. The van der Waals surface area contributed by atoms with Gasteiger partial charge < -0.3 is 14.3 Å². The van der Waals surface area contributed by atoms with E-state index in [9.17, 15) is 10.1 Å². The monoisotopic (exact) mass is 391 g/mol. The van der Waals surface area contributed by atoms with Gasteiger partial charge in [-0.2, -0.15) is 5.26 Å². The lowest BCUT2D eigenvalue weighted by Crippen LogP contribution is -2.06. The van der Waals surface area contributed by atoms with E-state index in [1.54, 1.807) is 18.2 Å². The fourth-order valence-corrected chi connectivity index (χ4v) is 2.93. The van der Waals surface area contributed by atoms with Crippen LogP contribution in [0, 0.1) is 18.3 Å². The molecule has 7 nitrogen and oxygen atoms in total. The summed E-state index contributed by atoms with van der Waals surface area (Å²) in [5, 5.41) is 26.5. The number of rotatable bonds is 7. The van der Waals surface area contributed by atoms with Crippen molar-refractivity contribution in [1.29, 1.82) is 5.26 Å². The van der Waals surface area contributed by atoms with Gasteiger partial charge in [-0.05, 0) is 62.6 Å². The number of aryl methyl sites for hydroxylation is 2. The third-order valence-electron chi connectivity index (χ3n) is 4.28. The minimum absolute atomic E-state index is 0.0376. The predicted octanol–water partition coefficient (Wildman–Crippen LogP) is 4.39. The number of carboxylic acids is 1. The zero-order valence-electron chi connectivity index (χ0n) is 16.5. The van der Waals surface area contributed by atoms with Crippen LogP contribution in [0.2, 0.25) is 0 Å². The molecule has 29 heavy (non-hydrogen) atoms. The smallest absolute Gasteiger partial charge is 0.303 e. The van der Waals surface area contributed by atoms with Crippen LogP contribution in [0.4, 0.5) is 0 Å². The van der Waals surface area contributed by atoms with E-state index >= 15 is 0 Å². The Morgan fingerprint density at radius 1 is 1.21 bits per heavy atom. The number of aromatic nitrogens is 2. The summed E-state index contributed by atoms with van der Waals surface area (Å²) < 4.78 is 11.5. The Balaban J connectivity index is 1.86. The third kappa shape index (κ3) is 4.79. The lowest BCUT2D eigenvalue weighted by atomic mass is 10.0. The first-order valence-electron chi connectivity index (χ1n) is 9.23. The van der Waals surface area contributed by atoms with Gasteiger partial charge in [-0.3, -0.25) is 4.79 Å². The van der Waals surface area contributed by atoms with Crippen molar-refractivity contribution in [3.8, 4) is 34.7 Å². The lowest BCUT2D eigenvalue weighted by molar-refractivity contribution is -0.136. The van der Waals surface area contributed by atoms with E-state index < -0.39 is 5.97 Å². The van der Waals surface area contributed by atoms with Gasteiger partial charge in [0.05, 0.1) is 11.7 Å². The number of carboxylic acid groups (broad SMARTS) is 1. The van der Waals surface area contributed by atoms with Crippen LogP contribution in [0.15, 0.2) is 40.8 Å². The lowest BCUT2D eigenvalue weighted by Gasteiger charge is -2.11. The minimum atomic E-state index is -0.824. The van der Waals surface area contributed by atoms with E-state index in [0.717, 1.165) is 16.7 Å². The highest BCUT2D eigenvalue weighted by Gasteiger charge is 2.15. The molecule has 148 valence electrons. The average molecular weight is 391 g/mol. The Bertz CT molecular complexity index is 1080. The molecule has 0 saturated carbocycles. The zero-order chi connectivity index (χ0) is 21.0. The molecule has 7 heteroatoms. The molecule has 0 aliphatic rings. The Morgan fingerprint density at radius 2 is 1.97 bits per heavy atom. The second kappa shape index (κ2) is 8.57. The molecule has 0 spiro atoms. The van der Waals surface area contributed by atoms with Crippen molar-refractivity contribution in [2.24, 2.45) is 0 Å². The van der Waals surface area contributed by atoms with Crippen LogP contribution in [0.5, 0.6) is 5.75 Å². The molecule has 0 aliphatic carbocycles. The molecule has 1 heterocycles. The Morgan fingerprint density at radius 3 is 2.62 bits per heavy atom. The third-order valence-corrected chi connectivity index (χ3v) is 4.28. The fourth-order valence-electron chi connectivity index (χ4n) is 2.93. The fraction of sp³-hybridized carbons (Fsp3) is 0.273. The molecule has 0 bridgehead atoms. The SMILES string of the molecule is Cc1cc(CCC(=O)O)ccc1-c1nnc(-c2ccc(OC(C)C)c(C#N)c2)o1. The molecular weight excluding hydrogens is 370 g/mol. The molecule has 0 aliphatic heterocycles. The molecule has 3 rings (SSSR count). The summed E-state index contributed by atoms with van der Waals surface area (Å²) in [5.74, 6) is 0.360. The second-order valence-corrected chi connectivity index (χ2v) is 6.94. The van der Waals surface area contributed by atoms with E-state index in [4.69, 9.17) is 14.3 Å². The number of carbonyl (C=O) groups is 1. The van der Waals surface area contributed by atoms with Crippen molar-refractivity contribution in [2.75, 3.05) is 0 Å². The van der Waals surface area contributed by atoms with Gasteiger partial charge in [-0.1, -0.05) is 12.1 Å². The van der Waals surface area contributed by atoms with Crippen LogP contribution in [-0.4, -0.2) is 27.4 Å². The molecule has 1 aromatic heterocycles. The highest BCUT2D eigenvalue weighted by atomic mass is 16.5. The highest BCUT2D eigenvalue weighted by Crippen LogP contribution is 2.30. The quantitative estimate of drug-likeness (QED) is 0.636. The van der Waals surface area contributed by atoms with E-state index in [-0.39, 0.29) is 12.5 Å². The van der Waals surface area contributed by atoms with Gasteiger partial charge in [0, 0.05) is 17.5 Å². The normalized spacial score (nSPS) is 10.7. The van der Waals surface area contributed by atoms with Gasteiger partial charge in [0.25, 0.3) is 0 Å². The molecule has 2 aromatic carbocycles. The Kier molecular flexibility index (Phi) is 5.93. The molecule has 3 aromatic rings. The second-order valence-electron chi connectivity index (χ2n) is 6.94. The number of ether oxygens (including phenoxy) is 1. The van der Waals surface area contributed by atoms with Crippen LogP contribution < -0.4 is 4.74 Å². The number of hydrogen-bond donors (Lipinski definition) is 1. The summed E-state index contributed by atoms with van der Waals surface area (Å²) in [6.07, 6.45) is 0.513. The average Bonchev–Trinajstić information content (AvgIpc) is 3.16. The number of nitrogens with zero attached hydrogens (tertiary/aromatic N) is 3. The first-order valence-corrected chi connectivity index (χ1v) is 9.23. The van der Waals surface area contributed by atoms with E-state index in [1.165, 1.54) is 0 Å². The van der Waals surface area contributed by atoms with Gasteiger partial charge in [0.1, 0.15) is 11.8 Å². The van der Waals surface area contributed by atoms with Gasteiger partial charge >= 0.3 is 5.97 Å². The van der Waals surface area contributed by atoms with E-state index in [2.05, 4.69) is 16.3 Å². The van der Waals surface area contributed by atoms with Gasteiger partial charge in [-0.25, -0.2) is 0 Å². The van der Waals surface area contributed by atoms with Gasteiger partial charge in [0.2, 0.25) is 11.8 Å². The summed E-state index contributed by atoms with van der Waals surface area (Å²) in [6.45, 7) is 5.71. The number of benzene rings is 2. The molecule has 1 N–H and O–H groups in total. The largest absolute Gasteiger partial charge is 0.490 e. The molecule has 0 unspecified atom stereocenters. The Hall–Kier alpha value is -3.66. The highest BCUT2D eigenvalue weighted by molar-refractivity contribution is 5.67. The molecule has 0 atom stereocenters. The van der Waals surface area contributed by atoms with Crippen molar-refractivity contribution >= 4 is 5.97 Å². The van der Waals surface area contributed by atoms with Crippen LogP contribution in [0.1, 0.15) is 37.0 Å². The molecule has 0 saturated heterocycles. The number of hydrogen-bond acceptors (Lipinski definition) is 6. The molecular formula is C22H21N3O4. The van der Waals surface area contributed by atoms with Crippen LogP contribution in [-0.2, 0) is 11.2 Å². The summed E-state index contributed by atoms with van der Waals surface area (Å²) in [4.78, 5) is 10.7. The standard InChI is InChI=1S/C22H21N3O4/c1-13(2)28-19-8-6-16(11-17(19)12-23)21-24-25-22(29-21)18-7-4-15(10-14(18)3)5-9-20(26)27/h4,6-8,10-11,13H,5,9H2,1-3H3,(H,26,27). The minimum Gasteiger partial charge on any atom is -0.490 e. The first kappa shape index (κ1) is 20.1. The number of nitriles is 1. The molecule has 0 radical (unpaired) electrons. The van der Waals surface area contributed by atoms with E-state index in [1.807, 2.05) is 39.0 Å². The predicted molar refractivity (Wildman–Crippen MR) is 106 cm³/mol. The maximum atomic E-state index is 10.7. The van der Waals surface area contributed by atoms with Crippen molar-refractivity contribution in [3.63, 3.8) is 0 Å². The van der Waals surface area contributed by atoms with Crippen LogP contribution in [0.3, 0.4) is 0 Å². The zero-order valence-corrected chi connectivity index (χ0v) is 16.5. The Labute approximate surface area is 168 Å². The summed E-state index contributed by atoms with van der Waals surface area (Å²) in [6, 6.07) is 12.9. The summed E-state index contributed by atoms with van der Waals surface area (Å²) in [7, 11) is 0.